The van der Waals surface area contributed by atoms with Gasteiger partial charge in [0.15, 0.2) is 0 Å². The van der Waals surface area contributed by atoms with Gasteiger partial charge in [0.05, 0.1) is 0 Å². The van der Waals surface area contributed by atoms with Gasteiger partial charge in [-0.1, -0.05) is 30.3 Å². The first kappa shape index (κ1) is 14.6. The third-order valence-electron chi connectivity index (χ3n) is 3.68. The van der Waals surface area contributed by atoms with E-state index in [4.69, 9.17) is 5.26 Å². The van der Waals surface area contributed by atoms with Crippen molar-refractivity contribution in [2.75, 3.05) is 7.05 Å². The minimum absolute atomic E-state index is 0.0771. The van der Waals surface area contributed by atoms with E-state index < -0.39 is 5.91 Å². The highest BCUT2D eigenvalue weighted by Gasteiger charge is 2.09. The van der Waals surface area contributed by atoms with Crippen molar-refractivity contribution >= 4 is 22.8 Å². The van der Waals surface area contributed by atoms with Gasteiger partial charge in [-0.25, -0.2) is 0 Å². The Bertz CT molecular complexity index is 944. The molecular weight excluding hydrogens is 286 g/mol. The van der Waals surface area contributed by atoms with Crippen LogP contribution in [0.25, 0.3) is 22.5 Å². The minimum Gasteiger partial charge on any atom is -0.354 e. The molecule has 1 amide bonds. The van der Waals surface area contributed by atoms with E-state index in [1.165, 1.54) is 12.4 Å². The van der Waals surface area contributed by atoms with Crippen molar-refractivity contribution in [3.8, 4) is 11.8 Å². The Labute approximate surface area is 134 Å². The largest absolute Gasteiger partial charge is 0.354 e. The molecule has 1 N–H and O–H groups in total. The Morgan fingerprint density at radius 2 is 1.91 bits per heavy atom. The number of nitrogens with one attached hydrogen (secondary N) is 1. The molecule has 0 atom stereocenters. The van der Waals surface area contributed by atoms with Gasteiger partial charge in [0.25, 0.3) is 5.91 Å². The monoisotopic (exact) mass is 301 g/mol. The van der Waals surface area contributed by atoms with Crippen LogP contribution in [0.5, 0.6) is 0 Å². The number of rotatable bonds is 3. The Kier molecular flexibility index (Phi) is 3.94. The van der Waals surface area contributed by atoms with E-state index in [0.717, 1.165) is 16.8 Å². The van der Waals surface area contributed by atoms with Crippen LogP contribution in [0, 0.1) is 11.3 Å². The van der Waals surface area contributed by atoms with E-state index in [1.807, 2.05) is 47.2 Å². The molecule has 4 nitrogen and oxygen atoms in total. The molecule has 2 aromatic carbocycles. The predicted octanol–water partition coefficient (Wildman–Crippen LogP) is 3.28. The number of likely N-dealkylation sites (N-methyl/N-ethyl adjacent to an activating group) is 1. The lowest BCUT2D eigenvalue weighted by molar-refractivity contribution is -0.116. The van der Waals surface area contributed by atoms with Crippen LogP contribution in [-0.2, 0) is 4.79 Å². The molecule has 1 aromatic heterocycles. The van der Waals surface area contributed by atoms with Gasteiger partial charge in [0.1, 0.15) is 11.6 Å². The van der Waals surface area contributed by atoms with Crippen LogP contribution >= 0.6 is 0 Å². The van der Waals surface area contributed by atoms with Gasteiger partial charge in [-0.2, -0.15) is 5.26 Å². The van der Waals surface area contributed by atoms with Gasteiger partial charge in [0, 0.05) is 24.6 Å². The Morgan fingerprint density at radius 3 is 2.65 bits per heavy atom. The number of nitriles is 1. The van der Waals surface area contributed by atoms with Gasteiger partial charge >= 0.3 is 0 Å². The Balaban J connectivity index is 2.08. The third-order valence-corrected chi connectivity index (χ3v) is 3.68. The highest BCUT2D eigenvalue weighted by molar-refractivity contribution is 6.01. The summed E-state index contributed by atoms with van der Waals surface area (Å²) < 4.78 is 1.95. The van der Waals surface area contributed by atoms with E-state index in [2.05, 4.69) is 29.6 Å². The van der Waals surface area contributed by atoms with Crippen molar-refractivity contribution in [3.05, 3.63) is 72.1 Å². The molecule has 0 saturated heterocycles. The second-order valence-corrected chi connectivity index (χ2v) is 5.08. The molecule has 3 rings (SSSR count). The molecule has 0 aliphatic rings. The fourth-order valence-electron chi connectivity index (χ4n) is 2.50. The van der Waals surface area contributed by atoms with E-state index in [0.29, 0.717) is 0 Å². The maximum Gasteiger partial charge on any atom is 0.261 e. The molecule has 23 heavy (non-hydrogen) atoms. The first-order valence-corrected chi connectivity index (χ1v) is 7.23. The fraction of sp³-hybridized carbons (Fsp3) is 0.0526. The normalized spacial score (nSPS) is 11.2. The maximum absolute atomic E-state index is 11.7. The average Bonchev–Trinajstić information content (AvgIpc) is 3.06. The van der Waals surface area contributed by atoms with Crippen LogP contribution in [0.1, 0.15) is 5.69 Å². The summed E-state index contributed by atoms with van der Waals surface area (Å²) in [5.41, 5.74) is 1.84. The van der Waals surface area contributed by atoms with Gasteiger partial charge in [-0.05, 0) is 41.1 Å². The fourth-order valence-corrected chi connectivity index (χ4v) is 2.50. The van der Waals surface area contributed by atoms with E-state index in [1.54, 1.807) is 6.08 Å². The number of hydrogen-bond acceptors (Lipinski definition) is 2. The van der Waals surface area contributed by atoms with Crippen LogP contribution in [-0.4, -0.2) is 17.5 Å². The van der Waals surface area contributed by atoms with Crippen LogP contribution in [0.2, 0.25) is 0 Å². The van der Waals surface area contributed by atoms with Crippen molar-refractivity contribution in [1.29, 1.82) is 5.26 Å². The summed E-state index contributed by atoms with van der Waals surface area (Å²) in [5.74, 6) is -0.390. The van der Waals surface area contributed by atoms with Crippen LogP contribution in [0.4, 0.5) is 0 Å². The molecule has 3 aromatic rings. The van der Waals surface area contributed by atoms with Crippen LogP contribution in [0.15, 0.2) is 66.4 Å². The van der Waals surface area contributed by atoms with E-state index in [9.17, 15) is 4.79 Å². The number of hydrogen-bond donors (Lipinski definition) is 1. The van der Waals surface area contributed by atoms with Gasteiger partial charge in [-0.3, -0.25) is 4.79 Å². The highest BCUT2D eigenvalue weighted by atomic mass is 16.1. The summed E-state index contributed by atoms with van der Waals surface area (Å²) in [4.78, 5) is 11.7. The summed E-state index contributed by atoms with van der Waals surface area (Å²) in [6, 6.07) is 20.0. The summed E-state index contributed by atoms with van der Waals surface area (Å²) in [6.45, 7) is 0. The summed E-state index contributed by atoms with van der Waals surface area (Å²) in [6.07, 6.45) is 3.50. The number of amides is 1. The topological polar surface area (TPSA) is 57.8 Å². The zero-order valence-electron chi connectivity index (χ0n) is 12.7. The van der Waals surface area contributed by atoms with Crippen molar-refractivity contribution in [3.63, 3.8) is 0 Å². The number of benzene rings is 2. The number of carbonyl (C=O) groups is 1. The predicted molar refractivity (Wildman–Crippen MR) is 90.9 cm³/mol. The molecule has 0 radical (unpaired) electrons. The summed E-state index contributed by atoms with van der Waals surface area (Å²) >= 11 is 0. The van der Waals surface area contributed by atoms with Crippen molar-refractivity contribution in [2.24, 2.45) is 0 Å². The van der Waals surface area contributed by atoms with Gasteiger partial charge in [0.2, 0.25) is 0 Å². The molecular formula is C19H15N3O. The first-order chi connectivity index (χ1) is 11.2. The van der Waals surface area contributed by atoms with Crippen LogP contribution in [0.3, 0.4) is 0 Å². The average molecular weight is 301 g/mol. The molecule has 1 heterocycles. The third kappa shape index (κ3) is 2.85. The molecule has 4 heteroatoms. The smallest absolute Gasteiger partial charge is 0.261 e. The molecule has 0 fully saturated rings. The summed E-state index contributed by atoms with van der Waals surface area (Å²) in [5, 5.41) is 13.9. The maximum atomic E-state index is 11.7. The SMILES string of the molecule is CNC(=O)/C(C#N)=C\c1cccn1-c1ccc2ccccc2c1. The summed E-state index contributed by atoms with van der Waals surface area (Å²) in [7, 11) is 1.51. The highest BCUT2D eigenvalue weighted by Crippen LogP contribution is 2.21. The number of fused-ring (bicyclic) bond motifs is 1. The molecule has 0 saturated carbocycles. The standard InChI is InChI=1S/C19H15N3O/c1-21-19(23)16(13-20)12-17-7-4-10-22(17)18-9-8-14-5-2-3-6-15(14)11-18/h2-12H,1H3,(H,21,23)/b16-12-. The Morgan fingerprint density at radius 1 is 1.13 bits per heavy atom. The van der Waals surface area contributed by atoms with E-state index in [-0.39, 0.29) is 5.57 Å². The van der Waals surface area contributed by atoms with Crippen LogP contribution < -0.4 is 5.32 Å². The zero-order valence-corrected chi connectivity index (χ0v) is 12.7. The van der Waals surface area contributed by atoms with Gasteiger partial charge in [-0.15, -0.1) is 0 Å². The molecule has 0 unspecified atom stereocenters. The number of nitrogens with zero attached hydrogens (tertiary/aromatic N) is 2. The second kappa shape index (κ2) is 6.20. The molecule has 0 bridgehead atoms. The van der Waals surface area contributed by atoms with Crippen molar-refractivity contribution in [1.82, 2.24) is 9.88 Å². The lowest BCUT2D eigenvalue weighted by Gasteiger charge is -2.08. The van der Waals surface area contributed by atoms with Gasteiger partial charge < -0.3 is 9.88 Å². The van der Waals surface area contributed by atoms with Crippen molar-refractivity contribution in [2.45, 2.75) is 0 Å². The molecule has 0 aliphatic heterocycles. The number of aromatic nitrogens is 1. The quantitative estimate of drug-likeness (QED) is 0.596. The lowest BCUT2D eigenvalue weighted by atomic mass is 10.1. The van der Waals surface area contributed by atoms with Crippen molar-refractivity contribution < 1.29 is 4.79 Å². The van der Waals surface area contributed by atoms with E-state index >= 15 is 0 Å². The number of carbonyl (C=O) groups excluding carboxylic acids is 1. The second-order valence-electron chi connectivity index (χ2n) is 5.08. The Hall–Kier alpha value is -3.32. The lowest BCUT2D eigenvalue weighted by Crippen LogP contribution is -2.19. The minimum atomic E-state index is -0.390. The molecule has 0 aliphatic carbocycles. The molecule has 112 valence electrons. The zero-order chi connectivity index (χ0) is 16.2. The molecule has 0 spiro atoms. The first-order valence-electron chi connectivity index (χ1n) is 7.23.